The van der Waals surface area contributed by atoms with Crippen molar-refractivity contribution in [3.8, 4) is 0 Å². The van der Waals surface area contributed by atoms with Crippen LogP contribution in [0.3, 0.4) is 0 Å². The Bertz CT molecular complexity index is 699. The number of hydrogen-bond acceptors (Lipinski definition) is 2. The van der Waals surface area contributed by atoms with Crippen LogP contribution in [-0.4, -0.2) is 15.0 Å². The average Bonchev–Trinajstić information content (AvgIpc) is 2.41. The highest BCUT2D eigenvalue weighted by Crippen LogP contribution is 2.14. The summed E-state index contributed by atoms with van der Waals surface area (Å²) in [4.78, 5) is 0.258. The molecule has 2 rings (SSSR count). The minimum Gasteiger partial charge on any atom is -0.211 e. The fourth-order valence-electron chi connectivity index (χ4n) is 1.96. The molecule has 0 aromatic heterocycles. The lowest BCUT2D eigenvalue weighted by Crippen LogP contribution is -2.26. The van der Waals surface area contributed by atoms with Crippen LogP contribution in [-0.2, 0) is 16.4 Å². The van der Waals surface area contributed by atoms with Gasteiger partial charge in [0.25, 0.3) is 0 Å². The first-order valence-corrected chi connectivity index (χ1v) is 7.78. The lowest BCUT2D eigenvalue weighted by atomic mass is 10.1. The minimum absolute atomic E-state index is 0.164. The van der Waals surface area contributed by atoms with E-state index in [2.05, 4.69) is 4.72 Å². The highest BCUT2D eigenvalue weighted by Gasteiger charge is 2.15. The highest BCUT2D eigenvalue weighted by molar-refractivity contribution is 7.89. The molecule has 0 heterocycles. The number of sulfonamides is 1. The molecule has 1 N–H and O–H groups in total. The van der Waals surface area contributed by atoms with Crippen LogP contribution in [0.15, 0.2) is 53.4 Å². The Morgan fingerprint density at radius 3 is 2.40 bits per heavy atom. The fourth-order valence-corrected chi connectivity index (χ4v) is 3.23. The summed E-state index contributed by atoms with van der Waals surface area (Å²) in [5.74, 6) is -0.317. The third-order valence-electron chi connectivity index (χ3n) is 3.03. The van der Waals surface area contributed by atoms with Gasteiger partial charge in [-0.2, -0.15) is 0 Å². The average molecular weight is 293 g/mol. The maximum absolute atomic E-state index is 13.4. The van der Waals surface area contributed by atoms with Crippen molar-refractivity contribution in [3.63, 3.8) is 0 Å². The molecule has 0 aliphatic heterocycles. The van der Waals surface area contributed by atoms with E-state index >= 15 is 0 Å². The molecule has 0 bridgehead atoms. The zero-order chi connectivity index (χ0) is 14.6. The Balaban J connectivity index is 2.04. The minimum atomic E-state index is -3.55. The van der Waals surface area contributed by atoms with Gasteiger partial charge in [-0.05, 0) is 36.6 Å². The van der Waals surface area contributed by atoms with Crippen molar-refractivity contribution in [3.05, 3.63) is 65.5 Å². The van der Waals surface area contributed by atoms with Crippen molar-refractivity contribution in [2.24, 2.45) is 0 Å². The van der Waals surface area contributed by atoms with Crippen molar-refractivity contribution in [2.75, 3.05) is 6.54 Å². The molecule has 0 saturated carbocycles. The molecular weight excluding hydrogens is 277 g/mol. The molecule has 2 aromatic carbocycles. The summed E-state index contributed by atoms with van der Waals surface area (Å²) < 4.78 is 40.2. The van der Waals surface area contributed by atoms with E-state index < -0.39 is 10.0 Å². The van der Waals surface area contributed by atoms with Crippen molar-refractivity contribution < 1.29 is 12.8 Å². The van der Waals surface area contributed by atoms with Gasteiger partial charge >= 0.3 is 0 Å². The van der Waals surface area contributed by atoms with Gasteiger partial charge in [-0.15, -0.1) is 0 Å². The molecule has 2 aromatic rings. The monoisotopic (exact) mass is 293 g/mol. The molecule has 20 heavy (non-hydrogen) atoms. The zero-order valence-corrected chi connectivity index (χ0v) is 12.0. The van der Waals surface area contributed by atoms with Crippen LogP contribution >= 0.6 is 0 Å². The fraction of sp³-hybridized carbons (Fsp3) is 0.200. The first-order chi connectivity index (χ1) is 9.50. The van der Waals surface area contributed by atoms with E-state index in [9.17, 15) is 12.8 Å². The second-order valence-electron chi connectivity index (χ2n) is 4.50. The van der Waals surface area contributed by atoms with Crippen molar-refractivity contribution in [1.82, 2.24) is 4.72 Å². The second kappa shape index (κ2) is 6.15. The summed E-state index contributed by atoms with van der Waals surface area (Å²) >= 11 is 0. The highest BCUT2D eigenvalue weighted by atomic mass is 32.2. The third-order valence-corrected chi connectivity index (χ3v) is 4.65. The van der Waals surface area contributed by atoms with Crippen LogP contribution in [0.2, 0.25) is 0 Å². The number of halogens is 1. The molecule has 0 aliphatic carbocycles. The van der Waals surface area contributed by atoms with Gasteiger partial charge in [-0.25, -0.2) is 17.5 Å². The topological polar surface area (TPSA) is 46.2 Å². The summed E-state index contributed by atoms with van der Waals surface area (Å²) in [5, 5.41) is 0. The smallest absolute Gasteiger partial charge is 0.211 e. The maximum atomic E-state index is 13.4. The van der Waals surface area contributed by atoms with E-state index in [1.165, 1.54) is 6.07 Å². The summed E-state index contributed by atoms with van der Waals surface area (Å²) in [5.41, 5.74) is 1.19. The van der Waals surface area contributed by atoms with Crippen LogP contribution in [0.5, 0.6) is 0 Å². The molecule has 0 amide bonds. The van der Waals surface area contributed by atoms with Crippen molar-refractivity contribution >= 4 is 10.0 Å². The number of hydrogen-bond donors (Lipinski definition) is 1. The number of aryl methyl sites for hydroxylation is 1. The Labute approximate surface area is 118 Å². The molecule has 0 atom stereocenters. The van der Waals surface area contributed by atoms with E-state index in [1.54, 1.807) is 49.4 Å². The van der Waals surface area contributed by atoms with Crippen LogP contribution < -0.4 is 4.72 Å². The van der Waals surface area contributed by atoms with Crippen LogP contribution in [0.25, 0.3) is 0 Å². The van der Waals surface area contributed by atoms with Gasteiger partial charge in [0.1, 0.15) is 5.82 Å². The summed E-state index contributed by atoms with van der Waals surface area (Å²) in [6.07, 6.45) is 0.317. The first kappa shape index (κ1) is 14.7. The van der Waals surface area contributed by atoms with Gasteiger partial charge in [0.05, 0.1) is 4.90 Å². The quantitative estimate of drug-likeness (QED) is 0.921. The van der Waals surface area contributed by atoms with E-state index in [1.807, 2.05) is 0 Å². The molecule has 0 aliphatic rings. The van der Waals surface area contributed by atoms with Crippen molar-refractivity contribution in [1.29, 1.82) is 0 Å². The predicted octanol–water partition coefficient (Wildman–Crippen LogP) is 2.66. The van der Waals surface area contributed by atoms with E-state index in [-0.39, 0.29) is 17.3 Å². The Kier molecular flexibility index (Phi) is 4.52. The van der Waals surface area contributed by atoms with E-state index in [4.69, 9.17) is 0 Å². The van der Waals surface area contributed by atoms with Gasteiger partial charge in [-0.3, -0.25) is 0 Å². The molecule has 0 radical (unpaired) electrons. The van der Waals surface area contributed by atoms with Gasteiger partial charge in [0, 0.05) is 6.54 Å². The van der Waals surface area contributed by atoms with Crippen LogP contribution in [0.4, 0.5) is 4.39 Å². The molecule has 0 saturated heterocycles. The Hall–Kier alpha value is -1.72. The summed E-state index contributed by atoms with van der Waals surface area (Å²) in [6, 6.07) is 13.1. The number of benzene rings is 2. The standard InChI is InChI=1S/C15H16FNO2S/c1-12-6-2-5-9-15(12)20(18,19)17-11-10-13-7-3-4-8-14(13)16/h2-9,17H,10-11H2,1H3. The van der Waals surface area contributed by atoms with Gasteiger partial charge in [-0.1, -0.05) is 36.4 Å². The molecule has 0 fully saturated rings. The zero-order valence-electron chi connectivity index (χ0n) is 11.1. The first-order valence-electron chi connectivity index (χ1n) is 6.29. The second-order valence-corrected chi connectivity index (χ2v) is 6.24. The number of nitrogens with one attached hydrogen (secondary N) is 1. The van der Waals surface area contributed by atoms with Gasteiger partial charge < -0.3 is 0 Å². The van der Waals surface area contributed by atoms with E-state index in [0.717, 1.165) is 0 Å². The maximum Gasteiger partial charge on any atom is 0.240 e. The molecule has 0 unspecified atom stereocenters. The molecule has 0 spiro atoms. The largest absolute Gasteiger partial charge is 0.240 e. The van der Waals surface area contributed by atoms with Crippen LogP contribution in [0.1, 0.15) is 11.1 Å². The SMILES string of the molecule is Cc1ccccc1S(=O)(=O)NCCc1ccccc1F. The Morgan fingerprint density at radius 1 is 1.05 bits per heavy atom. The van der Waals surface area contributed by atoms with Gasteiger partial charge in [0.2, 0.25) is 10.0 Å². The molecular formula is C15H16FNO2S. The predicted molar refractivity (Wildman–Crippen MR) is 76.5 cm³/mol. The summed E-state index contributed by atoms with van der Waals surface area (Å²) in [7, 11) is -3.55. The normalized spacial score (nSPS) is 11.5. The summed E-state index contributed by atoms with van der Waals surface area (Å²) in [6.45, 7) is 1.91. The van der Waals surface area contributed by atoms with E-state index in [0.29, 0.717) is 17.5 Å². The Morgan fingerprint density at radius 2 is 1.70 bits per heavy atom. The van der Waals surface area contributed by atoms with Crippen LogP contribution in [0, 0.1) is 12.7 Å². The molecule has 106 valence electrons. The lowest BCUT2D eigenvalue weighted by Gasteiger charge is -2.09. The third kappa shape index (κ3) is 3.43. The number of rotatable bonds is 5. The molecule has 3 nitrogen and oxygen atoms in total. The van der Waals surface area contributed by atoms with Crippen molar-refractivity contribution in [2.45, 2.75) is 18.2 Å². The lowest BCUT2D eigenvalue weighted by molar-refractivity contribution is 0.577. The van der Waals surface area contributed by atoms with Gasteiger partial charge in [0.15, 0.2) is 0 Å². The molecule has 5 heteroatoms.